The third-order valence-electron chi connectivity index (χ3n) is 4.43. The van der Waals surface area contributed by atoms with E-state index in [4.69, 9.17) is 4.74 Å². The number of esters is 1. The fourth-order valence-electron chi connectivity index (χ4n) is 3.45. The minimum atomic E-state index is -0.0522. The topological polar surface area (TPSA) is 41.6 Å². The van der Waals surface area contributed by atoms with Crippen molar-refractivity contribution in [2.24, 2.45) is 11.8 Å². The van der Waals surface area contributed by atoms with Gasteiger partial charge in [-0.05, 0) is 51.6 Å². The standard InChI is InChI=1S/C15H28N2O2/c1-3-19-15(18)12(2)10-17-9-5-6-13(11-17)14-7-4-8-16-14/h12-14,16H,3-11H2,1-2H3. The first-order valence-corrected chi connectivity index (χ1v) is 7.83. The molecule has 0 aromatic rings. The number of ether oxygens (including phenoxy) is 1. The lowest BCUT2D eigenvalue weighted by molar-refractivity contribution is -0.148. The Morgan fingerprint density at radius 3 is 2.95 bits per heavy atom. The Balaban J connectivity index is 1.78. The van der Waals surface area contributed by atoms with E-state index in [-0.39, 0.29) is 11.9 Å². The Morgan fingerprint density at radius 2 is 2.26 bits per heavy atom. The van der Waals surface area contributed by atoms with E-state index in [9.17, 15) is 4.79 Å². The van der Waals surface area contributed by atoms with Gasteiger partial charge in [0.15, 0.2) is 0 Å². The predicted molar refractivity (Wildman–Crippen MR) is 76.0 cm³/mol. The van der Waals surface area contributed by atoms with Gasteiger partial charge in [-0.15, -0.1) is 0 Å². The maximum absolute atomic E-state index is 11.7. The van der Waals surface area contributed by atoms with Gasteiger partial charge in [-0.1, -0.05) is 6.92 Å². The van der Waals surface area contributed by atoms with Gasteiger partial charge in [0.25, 0.3) is 0 Å². The molecule has 2 rings (SSSR count). The summed E-state index contributed by atoms with van der Waals surface area (Å²) in [7, 11) is 0. The first-order valence-electron chi connectivity index (χ1n) is 7.83. The van der Waals surface area contributed by atoms with Crippen molar-refractivity contribution in [3.05, 3.63) is 0 Å². The third kappa shape index (κ3) is 4.18. The van der Waals surface area contributed by atoms with Gasteiger partial charge in [0.2, 0.25) is 0 Å². The van der Waals surface area contributed by atoms with Crippen molar-refractivity contribution in [1.82, 2.24) is 10.2 Å². The van der Waals surface area contributed by atoms with Gasteiger partial charge in [-0.3, -0.25) is 4.79 Å². The van der Waals surface area contributed by atoms with Crippen molar-refractivity contribution >= 4 is 5.97 Å². The van der Waals surface area contributed by atoms with Crippen LogP contribution >= 0.6 is 0 Å². The third-order valence-corrected chi connectivity index (χ3v) is 4.43. The summed E-state index contributed by atoms with van der Waals surface area (Å²) in [5.41, 5.74) is 0. The van der Waals surface area contributed by atoms with Crippen molar-refractivity contribution in [3.63, 3.8) is 0 Å². The number of nitrogens with zero attached hydrogens (tertiary/aromatic N) is 1. The molecule has 1 N–H and O–H groups in total. The lowest BCUT2D eigenvalue weighted by Crippen LogP contribution is -2.45. The second-order valence-corrected chi connectivity index (χ2v) is 6.02. The molecule has 19 heavy (non-hydrogen) atoms. The summed E-state index contributed by atoms with van der Waals surface area (Å²) in [4.78, 5) is 14.1. The van der Waals surface area contributed by atoms with Crippen LogP contribution in [0, 0.1) is 11.8 Å². The molecule has 0 radical (unpaired) electrons. The van der Waals surface area contributed by atoms with E-state index >= 15 is 0 Å². The van der Waals surface area contributed by atoms with Gasteiger partial charge in [-0.25, -0.2) is 0 Å². The highest BCUT2D eigenvalue weighted by atomic mass is 16.5. The van der Waals surface area contributed by atoms with E-state index in [1.165, 1.54) is 32.2 Å². The van der Waals surface area contributed by atoms with Gasteiger partial charge in [0, 0.05) is 19.1 Å². The molecule has 0 aromatic carbocycles. The summed E-state index contributed by atoms with van der Waals surface area (Å²) in [6.07, 6.45) is 5.24. The van der Waals surface area contributed by atoms with Crippen LogP contribution in [0.1, 0.15) is 39.5 Å². The van der Waals surface area contributed by atoms with Crippen molar-refractivity contribution in [2.45, 2.75) is 45.6 Å². The zero-order chi connectivity index (χ0) is 13.7. The van der Waals surface area contributed by atoms with Gasteiger partial charge in [0.05, 0.1) is 12.5 Å². The summed E-state index contributed by atoms with van der Waals surface area (Å²) < 4.78 is 5.09. The number of hydrogen-bond acceptors (Lipinski definition) is 4. The second kappa shape index (κ2) is 7.25. The van der Waals surface area contributed by atoms with Gasteiger partial charge in [0.1, 0.15) is 0 Å². The van der Waals surface area contributed by atoms with E-state index in [1.807, 2.05) is 13.8 Å². The number of piperidine rings is 1. The molecule has 3 unspecified atom stereocenters. The van der Waals surface area contributed by atoms with E-state index in [0.717, 1.165) is 25.6 Å². The van der Waals surface area contributed by atoms with E-state index in [0.29, 0.717) is 12.6 Å². The summed E-state index contributed by atoms with van der Waals surface area (Å²) in [6.45, 7) is 8.64. The largest absolute Gasteiger partial charge is 0.466 e. The fourth-order valence-corrected chi connectivity index (χ4v) is 3.45. The average Bonchev–Trinajstić information content (AvgIpc) is 2.93. The van der Waals surface area contributed by atoms with Crippen LogP contribution in [0.15, 0.2) is 0 Å². The molecule has 4 nitrogen and oxygen atoms in total. The van der Waals surface area contributed by atoms with Gasteiger partial charge < -0.3 is 15.0 Å². The highest BCUT2D eigenvalue weighted by molar-refractivity contribution is 5.72. The number of carbonyl (C=O) groups is 1. The molecule has 3 atom stereocenters. The van der Waals surface area contributed by atoms with Crippen molar-refractivity contribution in [3.8, 4) is 0 Å². The van der Waals surface area contributed by atoms with Crippen LogP contribution in [0.2, 0.25) is 0 Å². The van der Waals surface area contributed by atoms with Crippen LogP contribution in [0.4, 0.5) is 0 Å². The summed E-state index contributed by atoms with van der Waals surface area (Å²) in [5, 5.41) is 3.62. The molecule has 4 heteroatoms. The smallest absolute Gasteiger partial charge is 0.309 e. The average molecular weight is 268 g/mol. The van der Waals surface area contributed by atoms with Crippen molar-refractivity contribution < 1.29 is 9.53 Å². The van der Waals surface area contributed by atoms with Crippen LogP contribution < -0.4 is 5.32 Å². The highest BCUT2D eigenvalue weighted by Gasteiger charge is 2.30. The lowest BCUT2D eigenvalue weighted by atomic mass is 9.89. The zero-order valence-electron chi connectivity index (χ0n) is 12.4. The van der Waals surface area contributed by atoms with Crippen LogP contribution in [0.3, 0.4) is 0 Å². The SMILES string of the molecule is CCOC(=O)C(C)CN1CCCC(C2CCCN2)C1. The molecule has 2 aliphatic rings. The molecule has 0 aromatic heterocycles. The van der Waals surface area contributed by atoms with E-state index in [1.54, 1.807) is 0 Å². The van der Waals surface area contributed by atoms with E-state index in [2.05, 4.69) is 10.2 Å². The van der Waals surface area contributed by atoms with Crippen LogP contribution in [-0.4, -0.2) is 49.7 Å². The monoisotopic (exact) mass is 268 g/mol. The molecular weight excluding hydrogens is 240 g/mol. The zero-order valence-corrected chi connectivity index (χ0v) is 12.4. The van der Waals surface area contributed by atoms with Crippen LogP contribution in [-0.2, 0) is 9.53 Å². The Labute approximate surface area is 116 Å². The molecule has 2 heterocycles. The molecule has 0 aliphatic carbocycles. The lowest BCUT2D eigenvalue weighted by Gasteiger charge is -2.36. The summed E-state index contributed by atoms with van der Waals surface area (Å²) >= 11 is 0. The maximum atomic E-state index is 11.7. The minimum Gasteiger partial charge on any atom is -0.466 e. The first kappa shape index (κ1) is 14.8. The first-order chi connectivity index (χ1) is 9.20. The van der Waals surface area contributed by atoms with Gasteiger partial charge in [-0.2, -0.15) is 0 Å². The molecule has 0 amide bonds. The van der Waals surface area contributed by atoms with Crippen LogP contribution in [0.5, 0.6) is 0 Å². The number of nitrogens with one attached hydrogen (secondary N) is 1. The predicted octanol–water partition coefficient (Wildman–Crippen LogP) is 1.65. The second-order valence-electron chi connectivity index (χ2n) is 6.02. The van der Waals surface area contributed by atoms with Gasteiger partial charge >= 0.3 is 5.97 Å². The maximum Gasteiger partial charge on any atom is 0.309 e. The number of hydrogen-bond donors (Lipinski definition) is 1. The van der Waals surface area contributed by atoms with E-state index < -0.39 is 0 Å². The fraction of sp³-hybridized carbons (Fsp3) is 0.933. The molecule has 0 saturated carbocycles. The number of rotatable bonds is 5. The Bertz CT molecular complexity index is 290. The molecular formula is C15H28N2O2. The molecule has 2 fully saturated rings. The summed E-state index contributed by atoms with van der Waals surface area (Å²) in [6, 6.07) is 0.709. The molecule has 2 aliphatic heterocycles. The number of likely N-dealkylation sites (tertiary alicyclic amines) is 1. The molecule has 0 bridgehead atoms. The quantitative estimate of drug-likeness (QED) is 0.770. The van der Waals surface area contributed by atoms with Crippen molar-refractivity contribution in [1.29, 1.82) is 0 Å². The van der Waals surface area contributed by atoms with Crippen molar-refractivity contribution in [2.75, 3.05) is 32.8 Å². The normalized spacial score (nSPS) is 30.2. The highest BCUT2D eigenvalue weighted by Crippen LogP contribution is 2.25. The molecule has 0 spiro atoms. The number of carbonyl (C=O) groups excluding carboxylic acids is 1. The Kier molecular flexibility index (Phi) is 5.64. The minimum absolute atomic E-state index is 0.00441. The Morgan fingerprint density at radius 1 is 1.42 bits per heavy atom. The molecule has 2 saturated heterocycles. The molecule has 110 valence electrons. The Hall–Kier alpha value is -0.610. The summed E-state index contributed by atoms with van der Waals surface area (Å²) in [5.74, 6) is 0.712. The van der Waals surface area contributed by atoms with Crippen LogP contribution in [0.25, 0.3) is 0 Å².